The molecule has 3 N–H and O–H groups in total. The molecule has 0 saturated heterocycles. The first-order valence-electron chi connectivity index (χ1n) is 5.57. The Balaban J connectivity index is 2.43. The van der Waals surface area contributed by atoms with Gasteiger partial charge in [-0.1, -0.05) is 6.07 Å². The zero-order valence-corrected chi connectivity index (χ0v) is 9.60. The summed E-state index contributed by atoms with van der Waals surface area (Å²) >= 11 is 0. The first-order valence-corrected chi connectivity index (χ1v) is 5.57. The highest BCUT2D eigenvalue weighted by atomic mass is 19.1. The number of carboxylic acids is 1. The summed E-state index contributed by atoms with van der Waals surface area (Å²) in [6.07, 6.45) is 1.67. The number of carbonyl (C=O) groups is 2. The minimum atomic E-state index is -1.03. The van der Waals surface area contributed by atoms with E-state index in [9.17, 15) is 14.0 Å². The summed E-state index contributed by atoms with van der Waals surface area (Å²) in [7, 11) is 0. The maximum atomic E-state index is 13.6. The third kappa shape index (κ3) is 2.42. The molecule has 5 nitrogen and oxygen atoms in total. The Kier molecular flexibility index (Phi) is 3.18. The molecule has 0 heterocycles. The Morgan fingerprint density at radius 3 is 2.61 bits per heavy atom. The van der Waals surface area contributed by atoms with Crippen molar-refractivity contribution in [3.8, 4) is 0 Å². The number of nitrogens with zero attached hydrogens (tertiary/aromatic N) is 1. The first kappa shape index (κ1) is 12.3. The minimum Gasteiger partial charge on any atom is -0.480 e. The fourth-order valence-corrected chi connectivity index (χ4v) is 1.94. The van der Waals surface area contributed by atoms with Gasteiger partial charge in [-0.2, -0.15) is 0 Å². The number of nitrogens with two attached hydrogens (primary N) is 1. The molecular formula is C12H13FN2O3. The van der Waals surface area contributed by atoms with Gasteiger partial charge in [-0.15, -0.1) is 0 Å². The van der Waals surface area contributed by atoms with Gasteiger partial charge < -0.3 is 15.7 Å². The number of rotatable bonds is 5. The van der Waals surface area contributed by atoms with E-state index in [0.29, 0.717) is 0 Å². The van der Waals surface area contributed by atoms with Crippen molar-refractivity contribution in [2.75, 3.05) is 11.4 Å². The maximum Gasteiger partial charge on any atom is 0.323 e. The monoisotopic (exact) mass is 252 g/mol. The number of aliphatic carboxylic acids is 1. The van der Waals surface area contributed by atoms with Gasteiger partial charge in [0.2, 0.25) is 0 Å². The van der Waals surface area contributed by atoms with Crippen LogP contribution in [0.1, 0.15) is 23.2 Å². The molecular weight excluding hydrogens is 239 g/mol. The SMILES string of the molecule is NC(=O)c1c(F)cccc1N(CC(=O)O)C1CC1. The molecule has 1 fully saturated rings. The third-order valence-corrected chi connectivity index (χ3v) is 2.84. The quantitative estimate of drug-likeness (QED) is 0.818. The van der Waals surface area contributed by atoms with Crippen LogP contribution in [0.25, 0.3) is 0 Å². The number of primary amides is 1. The van der Waals surface area contributed by atoms with Crippen LogP contribution in [0.3, 0.4) is 0 Å². The van der Waals surface area contributed by atoms with Gasteiger partial charge >= 0.3 is 5.97 Å². The Hall–Kier alpha value is -2.11. The molecule has 0 atom stereocenters. The Morgan fingerprint density at radius 1 is 1.44 bits per heavy atom. The molecule has 6 heteroatoms. The van der Waals surface area contributed by atoms with E-state index < -0.39 is 17.7 Å². The second kappa shape index (κ2) is 4.64. The van der Waals surface area contributed by atoms with Crippen LogP contribution in [0.5, 0.6) is 0 Å². The van der Waals surface area contributed by atoms with Crippen molar-refractivity contribution in [2.24, 2.45) is 5.73 Å². The molecule has 1 aliphatic rings. The molecule has 2 rings (SSSR count). The molecule has 1 saturated carbocycles. The second-order valence-electron chi connectivity index (χ2n) is 4.25. The van der Waals surface area contributed by atoms with Gasteiger partial charge in [0.15, 0.2) is 0 Å². The van der Waals surface area contributed by atoms with Crippen LogP contribution in [-0.2, 0) is 4.79 Å². The van der Waals surface area contributed by atoms with Gasteiger partial charge in [0, 0.05) is 6.04 Å². The molecule has 18 heavy (non-hydrogen) atoms. The van der Waals surface area contributed by atoms with E-state index in [1.54, 1.807) is 0 Å². The predicted molar refractivity (Wildman–Crippen MR) is 62.9 cm³/mol. The van der Waals surface area contributed by atoms with Gasteiger partial charge in [-0.25, -0.2) is 4.39 Å². The van der Waals surface area contributed by atoms with Gasteiger partial charge in [0.05, 0.1) is 11.3 Å². The summed E-state index contributed by atoms with van der Waals surface area (Å²) in [6.45, 7) is -0.269. The number of carbonyl (C=O) groups excluding carboxylic acids is 1. The van der Waals surface area contributed by atoms with Crippen LogP contribution >= 0.6 is 0 Å². The highest BCUT2D eigenvalue weighted by Gasteiger charge is 2.33. The zero-order chi connectivity index (χ0) is 13.3. The lowest BCUT2D eigenvalue weighted by atomic mass is 10.1. The van der Waals surface area contributed by atoms with Crippen molar-refractivity contribution in [3.05, 3.63) is 29.6 Å². The van der Waals surface area contributed by atoms with Crippen molar-refractivity contribution >= 4 is 17.6 Å². The van der Waals surface area contributed by atoms with Crippen LogP contribution in [0.4, 0.5) is 10.1 Å². The van der Waals surface area contributed by atoms with E-state index in [-0.39, 0.29) is 23.8 Å². The number of anilines is 1. The molecule has 0 radical (unpaired) electrons. The molecule has 1 amide bonds. The van der Waals surface area contributed by atoms with Crippen molar-refractivity contribution in [1.29, 1.82) is 0 Å². The lowest BCUT2D eigenvalue weighted by molar-refractivity contribution is -0.135. The standard InChI is InChI=1S/C12H13FN2O3/c13-8-2-1-3-9(11(8)12(14)18)15(6-10(16)17)7-4-5-7/h1-3,7H,4-6H2,(H2,14,18)(H,16,17). The Bertz CT molecular complexity index is 500. The van der Waals surface area contributed by atoms with E-state index in [0.717, 1.165) is 18.9 Å². The molecule has 0 aromatic heterocycles. The van der Waals surface area contributed by atoms with Crippen LogP contribution in [-0.4, -0.2) is 29.6 Å². The summed E-state index contributed by atoms with van der Waals surface area (Å²) in [4.78, 5) is 23.6. The largest absolute Gasteiger partial charge is 0.480 e. The first-order chi connectivity index (χ1) is 8.50. The van der Waals surface area contributed by atoms with E-state index >= 15 is 0 Å². The van der Waals surface area contributed by atoms with E-state index in [1.165, 1.54) is 17.0 Å². The molecule has 0 bridgehead atoms. The van der Waals surface area contributed by atoms with Gasteiger partial charge in [-0.3, -0.25) is 9.59 Å². The lowest BCUT2D eigenvalue weighted by Gasteiger charge is -2.24. The number of benzene rings is 1. The fourth-order valence-electron chi connectivity index (χ4n) is 1.94. The highest BCUT2D eigenvalue weighted by molar-refractivity contribution is 5.99. The maximum absolute atomic E-state index is 13.6. The summed E-state index contributed by atoms with van der Waals surface area (Å²) in [6, 6.07) is 4.13. The topological polar surface area (TPSA) is 83.6 Å². The van der Waals surface area contributed by atoms with E-state index in [4.69, 9.17) is 10.8 Å². The molecule has 1 aliphatic carbocycles. The molecule has 96 valence electrons. The van der Waals surface area contributed by atoms with Crippen LogP contribution in [0, 0.1) is 5.82 Å². The second-order valence-corrected chi connectivity index (χ2v) is 4.25. The molecule has 1 aromatic rings. The van der Waals surface area contributed by atoms with Crippen molar-refractivity contribution in [3.63, 3.8) is 0 Å². The zero-order valence-electron chi connectivity index (χ0n) is 9.60. The van der Waals surface area contributed by atoms with Crippen LogP contribution in [0.2, 0.25) is 0 Å². The third-order valence-electron chi connectivity index (χ3n) is 2.84. The van der Waals surface area contributed by atoms with Gasteiger partial charge in [0.25, 0.3) is 5.91 Å². The number of halogens is 1. The lowest BCUT2D eigenvalue weighted by Crippen LogP contribution is -2.34. The normalized spacial score (nSPS) is 14.3. The van der Waals surface area contributed by atoms with Crippen molar-refractivity contribution in [2.45, 2.75) is 18.9 Å². The summed E-state index contributed by atoms with van der Waals surface area (Å²) in [5.41, 5.74) is 5.16. The molecule has 0 aliphatic heterocycles. The van der Waals surface area contributed by atoms with Gasteiger partial charge in [0.1, 0.15) is 12.4 Å². The van der Waals surface area contributed by atoms with E-state index in [2.05, 4.69) is 0 Å². The fraction of sp³-hybridized carbons (Fsp3) is 0.333. The summed E-state index contributed by atoms with van der Waals surface area (Å²) < 4.78 is 13.6. The summed E-state index contributed by atoms with van der Waals surface area (Å²) in [5.74, 6) is -2.64. The summed E-state index contributed by atoms with van der Waals surface area (Å²) in [5, 5.41) is 8.87. The van der Waals surface area contributed by atoms with Crippen molar-refractivity contribution in [1.82, 2.24) is 0 Å². The van der Waals surface area contributed by atoms with E-state index in [1.807, 2.05) is 0 Å². The Labute approximate surface area is 103 Å². The van der Waals surface area contributed by atoms with Crippen LogP contribution < -0.4 is 10.6 Å². The van der Waals surface area contributed by atoms with Crippen LogP contribution in [0.15, 0.2) is 18.2 Å². The molecule has 0 spiro atoms. The number of hydrogen-bond donors (Lipinski definition) is 2. The number of amides is 1. The minimum absolute atomic E-state index is 0.0426. The highest BCUT2D eigenvalue weighted by Crippen LogP contribution is 2.34. The number of carboxylic acid groups (broad SMARTS) is 1. The average molecular weight is 252 g/mol. The van der Waals surface area contributed by atoms with Crippen molar-refractivity contribution < 1.29 is 19.1 Å². The molecule has 1 aromatic carbocycles. The predicted octanol–water partition coefficient (Wildman–Crippen LogP) is 0.978. The number of hydrogen-bond acceptors (Lipinski definition) is 3. The molecule has 0 unspecified atom stereocenters. The average Bonchev–Trinajstić information content (AvgIpc) is 3.08. The Morgan fingerprint density at radius 2 is 2.11 bits per heavy atom. The smallest absolute Gasteiger partial charge is 0.323 e. The van der Waals surface area contributed by atoms with Gasteiger partial charge in [-0.05, 0) is 25.0 Å².